The Balaban J connectivity index is 2.57. The predicted octanol–water partition coefficient (Wildman–Crippen LogP) is 3.29. The maximum atomic E-state index is 9.15. The van der Waals surface area contributed by atoms with Gasteiger partial charge in [0.05, 0.1) is 0 Å². The van der Waals surface area contributed by atoms with Gasteiger partial charge in [0.25, 0.3) is 0 Å². The van der Waals surface area contributed by atoms with Crippen LogP contribution in [0.5, 0.6) is 0 Å². The van der Waals surface area contributed by atoms with Crippen LogP contribution < -0.4 is 0 Å². The summed E-state index contributed by atoms with van der Waals surface area (Å²) in [6.45, 7) is 2.40. The molecule has 0 aliphatic heterocycles. The largest absolute Gasteiger partial charge is 0.396 e. The van der Waals surface area contributed by atoms with Gasteiger partial charge in [-0.15, -0.1) is 0 Å². The smallest absolute Gasteiger partial charge is 0.0462 e. The molecule has 0 aliphatic rings. The maximum absolute atomic E-state index is 9.15. The molecule has 0 amide bonds. The number of rotatable bonds is 5. The van der Waals surface area contributed by atoms with Crippen molar-refractivity contribution in [3.63, 3.8) is 0 Å². The number of hydrogen-bond donors (Lipinski definition) is 1. The van der Waals surface area contributed by atoms with E-state index >= 15 is 0 Å². The van der Waals surface area contributed by atoms with E-state index in [0.717, 1.165) is 24.3 Å². The number of hydrogen-bond acceptors (Lipinski definition) is 1. The molecule has 78 valence electrons. The van der Waals surface area contributed by atoms with E-state index in [2.05, 4.69) is 13.0 Å². The normalized spacial score (nSPS) is 12.8. The van der Waals surface area contributed by atoms with Gasteiger partial charge >= 0.3 is 0 Å². The first-order valence-electron chi connectivity index (χ1n) is 5.11. The molecule has 0 aromatic heterocycles. The van der Waals surface area contributed by atoms with Gasteiger partial charge in [0, 0.05) is 11.6 Å². The standard InChI is InChI=1S/C12H17ClO/c1-2-4-11(9-14)7-10-5-3-6-12(13)8-10/h3,5-6,8,11,14H,2,4,7,9H2,1H3/t11-/m0/s1. The van der Waals surface area contributed by atoms with Crippen LogP contribution in [0.25, 0.3) is 0 Å². The Morgan fingerprint density at radius 3 is 2.79 bits per heavy atom. The minimum Gasteiger partial charge on any atom is -0.396 e. The number of aliphatic hydroxyl groups is 1. The molecule has 1 N–H and O–H groups in total. The Bertz CT molecular complexity index is 273. The van der Waals surface area contributed by atoms with E-state index in [9.17, 15) is 0 Å². The van der Waals surface area contributed by atoms with Gasteiger partial charge in [-0.05, 0) is 36.5 Å². The van der Waals surface area contributed by atoms with Crippen molar-refractivity contribution in [2.75, 3.05) is 6.61 Å². The Labute approximate surface area is 90.7 Å². The zero-order chi connectivity index (χ0) is 10.4. The molecule has 2 heteroatoms. The second-order valence-electron chi connectivity index (χ2n) is 3.67. The van der Waals surface area contributed by atoms with E-state index in [1.54, 1.807) is 0 Å². The lowest BCUT2D eigenvalue weighted by molar-refractivity contribution is 0.217. The second-order valence-corrected chi connectivity index (χ2v) is 4.11. The van der Waals surface area contributed by atoms with Crippen molar-refractivity contribution < 1.29 is 5.11 Å². The average Bonchev–Trinajstić information content (AvgIpc) is 2.17. The van der Waals surface area contributed by atoms with Gasteiger partial charge in [-0.1, -0.05) is 37.1 Å². The van der Waals surface area contributed by atoms with Gasteiger partial charge in [-0.2, -0.15) is 0 Å². The summed E-state index contributed by atoms with van der Waals surface area (Å²) in [5, 5.41) is 9.93. The van der Waals surface area contributed by atoms with Gasteiger partial charge in [0.15, 0.2) is 0 Å². The van der Waals surface area contributed by atoms with Crippen LogP contribution >= 0.6 is 11.6 Å². The second kappa shape index (κ2) is 6.05. The minimum absolute atomic E-state index is 0.264. The zero-order valence-electron chi connectivity index (χ0n) is 8.54. The highest BCUT2D eigenvalue weighted by Gasteiger charge is 2.07. The summed E-state index contributed by atoms with van der Waals surface area (Å²) in [7, 11) is 0. The van der Waals surface area contributed by atoms with Gasteiger partial charge in [-0.25, -0.2) is 0 Å². The lowest BCUT2D eigenvalue weighted by Crippen LogP contribution is -2.09. The molecular formula is C12H17ClO. The fourth-order valence-corrected chi connectivity index (χ4v) is 1.88. The molecule has 1 nitrogen and oxygen atoms in total. The fourth-order valence-electron chi connectivity index (χ4n) is 1.66. The number of aliphatic hydroxyl groups excluding tert-OH is 1. The van der Waals surface area contributed by atoms with Crippen LogP contribution in [0.1, 0.15) is 25.3 Å². The van der Waals surface area contributed by atoms with Crippen LogP contribution in [0, 0.1) is 5.92 Å². The predicted molar refractivity (Wildman–Crippen MR) is 60.6 cm³/mol. The number of halogens is 1. The first kappa shape index (κ1) is 11.5. The van der Waals surface area contributed by atoms with Gasteiger partial charge in [-0.3, -0.25) is 0 Å². The molecule has 0 radical (unpaired) electrons. The summed E-state index contributed by atoms with van der Waals surface area (Å²) in [6.07, 6.45) is 3.11. The third-order valence-corrected chi connectivity index (χ3v) is 2.60. The third-order valence-electron chi connectivity index (χ3n) is 2.37. The molecule has 0 aliphatic carbocycles. The van der Waals surface area contributed by atoms with Crippen LogP contribution in [-0.2, 0) is 6.42 Å². The van der Waals surface area contributed by atoms with E-state index in [-0.39, 0.29) is 6.61 Å². The fraction of sp³-hybridized carbons (Fsp3) is 0.500. The molecule has 0 spiro atoms. The summed E-state index contributed by atoms with van der Waals surface area (Å²) < 4.78 is 0. The lowest BCUT2D eigenvalue weighted by Gasteiger charge is -2.12. The van der Waals surface area contributed by atoms with Crippen LogP contribution in [0.15, 0.2) is 24.3 Å². The first-order chi connectivity index (χ1) is 6.76. The maximum Gasteiger partial charge on any atom is 0.0462 e. The van der Waals surface area contributed by atoms with Crippen molar-refractivity contribution in [3.05, 3.63) is 34.9 Å². The zero-order valence-corrected chi connectivity index (χ0v) is 9.30. The van der Waals surface area contributed by atoms with Gasteiger partial charge in [0.1, 0.15) is 0 Å². The molecule has 0 unspecified atom stereocenters. The Kier molecular flexibility index (Phi) is 4.99. The molecule has 14 heavy (non-hydrogen) atoms. The highest BCUT2D eigenvalue weighted by Crippen LogP contribution is 2.17. The Morgan fingerprint density at radius 2 is 2.21 bits per heavy atom. The van der Waals surface area contributed by atoms with Crippen molar-refractivity contribution in [2.24, 2.45) is 5.92 Å². The van der Waals surface area contributed by atoms with Crippen molar-refractivity contribution in [2.45, 2.75) is 26.2 Å². The van der Waals surface area contributed by atoms with E-state index in [1.807, 2.05) is 18.2 Å². The molecule has 0 saturated heterocycles. The third kappa shape index (κ3) is 3.69. The molecule has 0 heterocycles. The van der Waals surface area contributed by atoms with Crippen LogP contribution in [0.4, 0.5) is 0 Å². The van der Waals surface area contributed by atoms with Gasteiger partial charge in [0.2, 0.25) is 0 Å². The molecule has 0 bridgehead atoms. The van der Waals surface area contributed by atoms with Crippen molar-refractivity contribution in [3.8, 4) is 0 Å². The summed E-state index contributed by atoms with van der Waals surface area (Å²) in [5.41, 5.74) is 1.21. The topological polar surface area (TPSA) is 20.2 Å². The van der Waals surface area contributed by atoms with E-state index < -0.39 is 0 Å². The summed E-state index contributed by atoms with van der Waals surface area (Å²) in [5.74, 6) is 0.374. The lowest BCUT2D eigenvalue weighted by atomic mass is 9.96. The summed E-state index contributed by atoms with van der Waals surface area (Å²) >= 11 is 5.89. The number of benzene rings is 1. The molecule has 1 aromatic rings. The van der Waals surface area contributed by atoms with Crippen molar-refractivity contribution in [1.82, 2.24) is 0 Å². The van der Waals surface area contributed by atoms with E-state index in [4.69, 9.17) is 16.7 Å². The molecular weight excluding hydrogens is 196 g/mol. The molecule has 0 saturated carbocycles. The monoisotopic (exact) mass is 212 g/mol. The van der Waals surface area contributed by atoms with Crippen LogP contribution in [0.2, 0.25) is 5.02 Å². The highest BCUT2D eigenvalue weighted by molar-refractivity contribution is 6.30. The molecule has 0 fully saturated rings. The van der Waals surface area contributed by atoms with Gasteiger partial charge < -0.3 is 5.11 Å². The first-order valence-corrected chi connectivity index (χ1v) is 5.49. The minimum atomic E-state index is 0.264. The average molecular weight is 213 g/mol. The molecule has 1 atom stereocenters. The Hall–Kier alpha value is -0.530. The summed E-state index contributed by atoms with van der Waals surface area (Å²) in [6, 6.07) is 7.86. The highest BCUT2D eigenvalue weighted by atomic mass is 35.5. The molecule has 1 aromatic carbocycles. The SMILES string of the molecule is CCC[C@H](CO)Cc1cccc(Cl)c1. The summed E-state index contributed by atoms with van der Waals surface area (Å²) in [4.78, 5) is 0. The van der Waals surface area contributed by atoms with Crippen molar-refractivity contribution >= 4 is 11.6 Å². The Morgan fingerprint density at radius 1 is 1.43 bits per heavy atom. The van der Waals surface area contributed by atoms with E-state index in [1.165, 1.54) is 5.56 Å². The van der Waals surface area contributed by atoms with E-state index in [0.29, 0.717) is 5.92 Å². The van der Waals surface area contributed by atoms with Crippen LogP contribution in [0.3, 0.4) is 0 Å². The van der Waals surface area contributed by atoms with Crippen molar-refractivity contribution in [1.29, 1.82) is 0 Å². The quantitative estimate of drug-likeness (QED) is 0.794. The molecule has 1 rings (SSSR count). The van der Waals surface area contributed by atoms with Crippen LogP contribution in [-0.4, -0.2) is 11.7 Å².